The Hall–Kier alpha value is -3.79. The van der Waals surface area contributed by atoms with Gasteiger partial charge in [0.15, 0.2) is 17.3 Å². The third-order valence-corrected chi connectivity index (χ3v) is 5.48. The third-order valence-electron chi connectivity index (χ3n) is 4.60. The molecule has 164 valence electrons. The van der Waals surface area contributed by atoms with Crippen LogP contribution in [0.1, 0.15) is 5.56 Å². The largest absolute Gasteiger partial charge is 0.493 e. The van der Waals surface area contributed by atoms with E-state index in [2.05, 4.69) is 10.1 Å². The van der Waals surface area contributed by atoms with Gasteiger partial charge in [0.1, 0.15) is 17.4 Å². The average Bonchev–Trinajstić information content (AvgIpc) is 3.23. The predicted octanol–water partition coefficient (Wildman–Crippen LogP) is 3.41. The summed E-state index contributed by atoms with van der Waals surface area (Å²) >= 11 is 1.20. The van der Waals surface area contributed by atoms with Gasteiger partial charge in [0.25, 0.3) is 5.91 Å². The van der Waals surface area contributed by atoms with Crippen LogP contribution in [0.3, 0.4) is 0 Å². The number of ether oxygens (including phenoxy) is 4. The quantitative estimate of drug-likeness (QED) is 0.642. The molecule has 1 N–H and O–H groups in total. The van der Waals surface area contributed by atoms with Crippen LogP contribution < -0.4 is 18.9 Å². The van der Waals surface area contributed by atoms with Gasteiger partial charge in [-0.25, -0.2) is 0 Å². The summed E-state index contributed by atoms with van der Waals surface area (Å²) in [5, 5.41) is 15.2. The number of nitrogens with zero attached hydrogens (tertiary/aromatic N) is 3. The zero-order valence-corrected chi connectivity index (χ0v) is 18.4. The second kappa shape index (κ2) is 9.15. The molecule has 0 saturated carbocycles. The summed E-state index contributed by atoms with van der Waals surface area (Å²) in [4.78, 5) is 16.8. The standard InChI is InChI=1S/C22H20N4O5S/c1-28-16-10-13(11-17(29-2)19(16)30-3)9-15-20(23)26-22(24-21(15)27)32-18(25-26)12-31-14-7-5-4-6-8-14/h4-11,23H,12H2,1-3H3/b15-9+,23-20?. The number of amidine groups is 2. The number of nitrogens with one attached hydrogen (secondary N) is 1. The van der Waals surface area contributed by atoms with Crippen molar-refractivity contribution in [1.82, 2.24) is 5.01 Å². The third kappa shape index (κ3) is 4.17. The number of para-hydroxylation sites is 1. The van der Waals surface area contributed by atoms with E-state index in [0.717, 1.165) is 0 Å². The maximum Gasteiger partial charge on any atom is 0.283 e. The second-order valence-corrected chi connectivity index (χ2v) is 7.61. The van der Waals surface area contributed by atoms with E-state index < -0.39 is 5.91 Å². The van der Waals surface area contributed by atoms with Gasteiger partial charge in [-0.3, -0.25) is 10.2 Å². The number of carbonyl (C=O) groups excluding carboxylic acids is 1. The van der Waals surface area contributed by atoms with Crippen molar-refractivity contribution in [3.05, 3.63) is 53.6 Å². The summed E-state index contributed by atoms with van der Waals surface area (Å²) in [5.41, 5.74) is 0.687. The van der Waals surface area contributed by atoms with Crippen LogP contribution >= 0.6 is 11.8 Å². The minimum atomic E-state index is -0.525. The summed E-state index contributed by atoms with van der Waals surface area (Å²) in [6, 6.07) is 12.7. The van der Waals surface area contributed by atoms with Crippen molar-refractivity contribution in [1.29, 1.82) is 5.41 Å². The molecule has 1 amide bonds. The molecule has 4 rings (SSSR count). The number of amides is 1. The van der Waals surface area contributed by atoms with Gasteiger partial charge in [0, 0.05) is 0 Å². The van der Waals surface area contributed by atoms with E-state index in [1.54, 1.807) is 18.2 Å². The first-order valence-electron chi connectivity index (χ1n) is 9.51. The van der Waals surface area contributed by atoms with Crippen molar-refractivity contribution in [2.45, 2.75) is 0 Å². The van der Waals surface area contributed by atoms with Gasteiger partial charge >= 0.3 is 0 Å². The maximum atomic E-state index is 12.7. The molecular formula is C22H20N4O5S. The molecule has 2 aliphatic rings. The number of fused-ring (bicyclic) bond motifs is 1. The van der Waals surface area contributed by atoms with Gasteiger partial charge < -0.3 is 18.9 Å². The average molecular weight is 452 g/mol. The fourth-order valence-corrected chi connectivity index (χ4v) is 3.90. The number of carbonyl (C=O) groups is 1. The zero-order valence-electron chi connectivity index (χ0n) is 17.6. The summed E-state index contributed by atoms with van der Waals surface area (Å²) in [5.74, 6) is 1.42. The first-order valence-corrected chi connectivity index (χ1v) is 10.3. The van der Waals surface area contributed by atoms with E-state index >= 15 is 0 Å². The van der Waals surface area contributed by atoms with Crippen LogP contribution in [0.15, 0.2) is 58.1 Å². The molecule has 2 aromatic carbocycles. The van der Waals surface area contributed by atoms with E-state index in [4.69, 9.17) is 24.4 Å². The molecule has 2 aromatic rings. The van der Waals surface area contributed by atoms with E-state index in [0.29, 0.717) is 38.8 Å². The number of rotatable bonds is 7. The predicted molar refractivity (Wildman–Crippen MR) is 123 cm³/mol. The summed E-state index contributed by atoms with van der Waals surface area (Å²) in [6.07, 6.45) is 1.55. The summed E-state index contributed by atoms with van der Waals surface area (Å²) < 4.78 is 21.8. The highest BCUT2D eigenvalue weighted by molar-refractivity contribution is 8.27. The smallest absolute Gasteiger partial charge is 0.283 e. The SMILES string of the molecule is COc1cc(/C=C2\C(=N)N3N=C(COc4ccccc4)SC3=NC2=O)cc(OC)c1OC. The molecule has 9 nitrogen and oxygen atoms in total. The molecule has 2 heterocycles. The fraction of sp³-hybridized carbons (Fsp3) is 0.182. The molecule has 0 aliphatic carbocycles. The van der Waals surface area contributed by atoms with Crippen LogP contribution in [-0.4, -0.2) is 54.9 Å². The molecule has 0 bridgehead atoms. The van der Waals surface area contributed by atoms with Crippen molar-refractivity contribution in [3.8, 4) is 23.0 Å². The molecule has 10 heteroatoms. The molecule has 0 saturated heterocycles. The van der Waals surface area contributed by atoms with Crippen LogP contribution in [-0.2, 0) is 4.79 Å². The van der Waals surface area contributed by atoms with E-state index in [1.165, 1.54) is 38.1 Å². The van der Waals surface area contributed by atoms with Crippen molar-refractivity contribution >= 4 is 39.8 Å². The lowest BCUT2D eigenvalue weighted by molar-refractivity contribution is -0.114. The van der Waals surface area contributed by atoms with Crippen LogP contribution in [0.4, 0.5) is 0 Å². The molecular weight excluding hydrogens is 432 g/mol. The van der Waals surface area contributed by atoms with Crippen molar-refractivity contribution in [2.75, 3.05) is 27.9 Å². The number of aliphatic imine (C=N–C) groups is 1. The fourth-order valence-electron chi connectivity index (χ4n) is 3.10. The van der Waals surface area contributed by atoms with Gasteiger partial charge in [-0.2, -0.15) is 15.1 Å². The molecule has 0 atom stereocenters. The first kappa shape index (κ1) is 21.4. The van der Waals surface area contributed by atoms with Gasteiger partial charge in [0.05, 0.1) is 26.9 Å². The minimum Gasteiger partial charge on any atom is -0.493 e. The molecule has 0 unspecified atom stereocenters. The number of methoxy groups -OCH3 is 3. The normalized spacial score (nSPS) is 16.5. The lowest BCUT2D eigenvalue weighted by Gasteiger charge is -2.20. The van der Waals surface area contributed by atoms with Crippen LogP contribution in [0, 0.1) is 5.41 Å². The Labute approximate surface area is 188 Å². The minimum absolute atomic E-state index is 0.0732. The Kier molecular flexibility index (Phi) is 6.13. The number of hydrazone groups is 1. The van der Waals surface area contributed by atoms with Crippen molar-refractivity contribution in [3.63, 3.8) is 0 Å². The van der Waals surface area contributed by atoms with Gasteiger partial charge in [-0.15, -0.1) is 0 Å². The molecule has 2 aliphatic heterocycles. The first-order chi connectivity index (χ1) is 15.5. The second-order valence-electron chi connectivity index (χ2n) is 6.57. The molecule has 0 fully saturated rings. The Morgan fingerprint density at radius 1 is 1.06 bits per heavy atom. The zero-order chi connectivity index (χ0) is 22.7. The maximum absolute atomic E-state index is 12.7. The molecule has 0 radical (unpaired) electrons. The van der Waals surface area contributed by atoms with Crippen molar-refractivity contribution < 1.29 is 23.7 Å². The highest BCUT2D eigenvalue weighted by atomic mass is 32.2. The topological polar surface area (TPSA) is 106 Å². The Bertz CT molecular complexity index is 1140. The Balaban J connectivity index is 1.59. The Morgan fingerprint density at radius 3 is 2.38 bits per heavy atom. The number of hydrogen-bond donors (Lipinski definition) is 1. The van der Waals surface area contributed by atoms with Crippen LogP contribution in [0.2, 0.25) is 0 Å². The number of hydrogen-bond acceptors (Lipinski definition) is 8. The van der Waals surface area contributed by atoms with Crippen molar-refractivity contribution in [2.24, 2.45) is 10.1 Å². The highest BCUT2D eigenvalue weighted by Gasteiger charge is 2.35. The van der Waals surface area contributed by atoms with E-state index in [-0.39, 0.29) is 18.0 Å². The monoisotopic (exact) mass is 452 g/mol. The summed E-state index contributed by atoms with van der Waals surface area (Å²) in [7, 11) is 4.53. The highest BCUT2D eigenvalue weighted by Crippen LogP contribution is 2.39. The van der Waals surface area contributed by atoms with E-state index in [9.17, 15) is 4.79 Å². The molecule has 32 heavy (non-hydrogen) atoms. The molecule has 0 aromatic heterocycles. The van der Waals surface area contributed by atoms with Gasteiger partial charge in [0.2, 0.25) is 10.9 Å². The van der Waals surface area contributed by atoms with Gasteiger partial charge in [-0.1, -0.05) is 18.2 Å². The van der Waals surface area contributed by atoms with E-state index in [1.807, 2.05) is 30.3 Å². The number of benzene rings is 2. The Morgan fingerprint density at radius 2 is 1.75 bits per heavy atom. The number of thioether (sulfide) groups is 1. The lowest BCUT2D eigenvalue weighted by Crippen LogP contribution is -2.35. The van der Waals surface area contributed by atoms with Gasteiger partial charge in [-0.05, 0) is 47.7 Å². The lowest BCUT2D eigenvalue weighted by atomic mass is 10.1. The van der Waals surface area contributed by atoms with Crippen LogP contribution in [0.25, 0.3) is 6.08 Å². The van der Waals surface area contributed by atoms with Crippen LogP contribution in [0.5, 0.6) is 23.0 Å². The summed E-state index contributed by atoms with van der Waals surface area (Å²) in [6.45, 7) is 0.206. The molecule has 0 spiro atoms.